The Morgan fingerprint density at radius 1 is 0.810 bits per heavy atom. The molecular weight excluding hydrogens is 277 g/mol. The van der Waals surface area contributed by atoms with Crippen molar-refractivity contribution in [2.75, 3.05) is 0 Å². The maximum absolute atomic E-state index is 12.5. The minimum absolute atomic E-state index is 0.588. The minimum atomic E-state index is -4.32. The van der Waals surface area contributed by atoms with Gasteiger partial charge in [0.1, 0.15) is 0 Å². The van der Waals surface area contributed by atoms with E-state index in [1.807, 2.05) is 30.3 Å². The first-order valence-corrected chi connectivity index (χ1v) is 6.32. The summed E-state index contributed by atoms with van der Waals surface area (Å²) in [5.41, 5.74) is 1.85. The maximum atomic E-state index is 12.5. The SMILES string of the molecule is FC(F)(F)c1ccc(-n2cc(-c3ccccc3)cn2)cc1. The molecule has 0 aliphatic rings. The van der Waals surface area contributed by atoms with Gasteiger partial charge in [0, 0.05) is 11.8 Å². The Bertz CT molecular complexity index is 728. The fraction of sp³-hybridized carbons (Fsp3) is 0.0625. The third kappa shape index (κ3) is 2.81. The molecule has 0 bridgehead atoms. The molecule has 1 heterocycles. The zero-order valence-electron chi connectivity index (χ0n) is 10.9. The Labute approximate surface area is 119 Å². The van der Waals surface area contributed by atoms with E-state index in [0.29, 0.717) is 5.69 Å². The van der Waals surface area contributed by atoms with Crippen molar-refractivity contribution in [1.29, 1.82) is 0 Å². The van der Waals surface area contributed by atoms with E-state index in [1.54, 1.807) is 17.1 Å². The second kappa shape index (κ2) is 5.09. The van der Waals surface area contributed by atoms with Crippen LogP contribution in [0.4, 0.5) is 13.2 Å². The van der Waals surface area contributed by atoms with E-state index in [0.717, 1.165) is 23.3 Å². The fourth-order valence-corrected chi connectivity index (χ4v) is 2.05. The minimum Gasteiger partial charge on any atom is -0.240 e. The van der Waals surface area contributed by atoms with Crippen LogP contribution in [0.3, 0.4) is 0 Å². The highest BCUT2D eigenvalue weighted by atomic mass is 19.4. The van der Waals surface area contributed by atoms with Gasteiger partial charge in [-0.25, -0.2) is 4.68 Å². The molecule has 3 rings (SSSR count). The average Bonchev–Trinajstić information content (AvgIpc) is 2.97. The van der Waals surface area contributed by atoms with Crippen LogP contribution in [0, 0.1) is 0 Å². The van der Waals surface area contributed by atoms with Crippen LogP contribution >= 0.6 is 0 Å². The van der Waals surface area contributed by atoms with Crippen molar-refractivity contribution < 1.29 is 13.2 Å². The predicted molar refractivity (Wildman–Crippen MR) is 74.0 cm³/mol. The molecule has 0 radical (unpaired) electrons. The van der Waals surface area contributed by atoms with Crippen molar-refractivity contribution in [3.8, 4) is 16.8 Å². The molecule has 0 N–H and O–H groups in total. The average molecular weight is 288 g/mol. The summed E-state index contributed by atoms with van der Waals surface area (Å²) in [6, 6.07) is 14.6. The third-order valence-corrected chi connectivity index (χ3v) is 3.15. The molecule has 0 aliphatic heterocycles. The third-order valence-electron chi connectivity index (χ3n) is 3.15. The highest BCUT2D eigenvalue weighted by Crippen LogP contribution is 2.29. The molecule has 5 heteroatoms. The molecule has 106 valence electrons. The Morgan fingerprint density at radius 2 is 1.48 bits per heavy atom. The van der Waals surface area contributed by atoms with Gasteiger partial charge < -0.3 is 0 Å². The number of hydrogen-bond donors (Lipinski definition) is 0. The van der Waals surface area contributed by atoms with E-state index < -0.39 is 11.7 Å². The van der Waals surface area contributed by atoms with E-state index in [2.05, 4.69) is 5.10 Å². The lowest BCUT2D eigenvalue weighted by Gasteiger charge is -2.07. The highest BCUT2D eigenvalue weighted by molar-refractivity contribution is 5.62. The van der Waals surface area contributed by atoms with Crippen molar-refractivity contribution in [2.45, 2.75) is 6.18 Å². The second-order valence-electron chi connectivity index (χ2n) is 4.58. The van der Waals surface area contributed by atoms with Gasteiger partial charge in [-0.15, -0.1) is 0 Å². The summed E-state index contributed by atoms with van der Waals surface area (Å²) < 4.78 is 39.1. The summed E-state index contributed by atoms with van der Waals surface area (Å²) in [4.78, 5) is 0. The summed E-state index contributed by atoms with van der Waals surface area (Å²) in [7, 11) is 0. The van der Waals surface area contributed by atoms with Gasteiger partial charge in [0.2, 0.25) is 0 Å². The number of benzene rings is 2. The normalized spacial score (nSPS) is 11.6. The van der Waals surface area contributed by atoms with Gasteiger partial charge in [0.05, 0.1) is 17.4 Å². The predicted octanol–water partition coefficient (Wildman–Crippen LogP) is 4.56. The summed E-state index contributed by atoms with van der Waals surface area (Å²) in [5, 5.41) is 4.19. The molecule has 21 heavy (non-hydrogen) atoms. The lowest BCUT2D eigenvalue weighted by molar-refractivity contribution is -0.137. The number of alkyl halides is 3. The Morgan fingerprint density at radius 3 is 2.10 bits per heavy atom. The number of rotatable bonds is 2. The molecule has 0 atom stereocenters. The van der Waals surface area contributed by atoms with E-state index in [1.165, 1.54) is 12.1 Å². The van der Waals surface area contributed by atoms with Gasteiger partial charge in [0.25, 0.3) is 0 Å². The Balaban J connectivity index is 1.90. The summed E-state index contributed by atoms with van der Waals surface area (Å²) in [5.74, 6) is 0. The van der Waals surface area contributed by atoms with E-state index in [9.17, 15) is 13.2 Å². The molecule has 0 aliphatic carbocycles. The molecule has 0 fully saturated rings. The standard InChI is InChI=1S/C16H11F3N2/c17-16(18,19)14-6-8-15(9-7-14)21-11-13(10-20-21)12-4-2-1-3-5-12/h1-11H. The van der Waals surface area contributed by atoms with Gasteiger partial charge in [-0.1, -0.05) is 30.3 Å². The van der Waals surface area contributed by atoms with Crippen molar-refractivity contribution >= 4 is 0 Å². The van der Waals surface area contributed by atoms with Crippen molar-refractivity contribution in [3.63, 3.8) is 0 Å². The number of hydrogen-bond acceptors (Lipinski definition) is 1. The van der Waals surface area contributed by atoms with Crippen LogP contribution in [-0.4, -0.2) is 9.78 Å². The zero-order valence-corrected chi connectivity index (χ0v) is 10.9. The summed E-state index contributed by atoms with van der Waals surface area (Å²) in [6.45, 7) is 0. The first-order chi connectivity index (χ1) is 10.0. The first-order valence-electron chi connectivity index (χ1n) is 6.32. The van der Waals surface area contributed by atoms with Crippen LogP contribution in [0.5, 0.6) is 0 Å². The van der Waals surface area contributed by atoms with Gasteiger partial charge in [-0.3, -0.25) is 0 Å². The molecule has 0 saturated heterocycles. The molecule has 0 spiro atoms. The number of nitrogens with zero attached hydrogens (tertiary/aromatic N) is 2. The molecule has 1 aromatic heterocycles. The van der Waals surface area contributed by atoms with E-state index in [4.69, 9.17) is 0 Å². The van der Waals surface area contributed by atoms with Gasteiger partial charge in [-0.05, 0) is 29.8 Å². The van der Waals surface area contributed by atoms with Gasteiger partial charge in [-0.2, -0.15) is 18.3 Å². The van der Waals surface area contributed by atoms with Crippen molar-refractivity contribution in [3.05, 3.63) is 72.6 Å². The lowest BCUT2D eigenvalue weighted by Crippen LogP contribution is -2.05. The van der Waals surface area contributed by atoms with Crippen LogP contribution in [0.1, 0.15) is 5.56 Å². The molecule has 0 amide bonds. The molecule has 3 aromatic rings. The quantitative estimate of drug-likeness (QED) is 0.676. The van der Waals surface area contributed by atoms with Crippen LogP contribution in [0.2, 0.25) is 0 Å². The van der Waals surface area contributed by atoms with E-state index >= 15 is 0 Å². The second-order valence-corrected chi connectivity index (χ2v) is 4.58. The van der Waals surface area contributed by atoms with Gasteiger partial charge in [0.15, 0.2) is 0 Å². The molecular formula is C16H11F3N2. The largest absolute Gasteiger partial charge is 0.416 e. The Kier molecular flexibility index (Phi) is 3.25. The number of halogens is 3. The summed E-state index contributed by atoms with van der Waals surface area (Å²) in [6.07, 6.45) is -0.844. The lowest BCUT2D eigenvalue weighted by atomic mass is 10.1. The smallest absolute Gasteiger partial charge is 0.240 e. The topological polar surface area (TPSA) is 17.8 Å². The van der Waals surface area contributed by atoms with Crippen LogP contribution in [0.25, 0.3) is 16.8 Å². The van der Waals surface area contributed by atoms with Crippen LogP contribution in [-0.2, 0) is 6.18 Å². The fourth-order valence-electron chi connectivity index (χ4n) is 2.05. The van der Waals surface area contributed by atoms with Crippen LogP contribution < -0.4 is 0 Å². The monoisotopic (exact) mass is 288 g/mol. The van der Waals surface area contributed by atoms with Crippen LogP contribution in [0.15, 0.2) is 67.0 Å². The van der Waals surface area contributed by atoms with E-state index in [-0.39, 0.29) is 0 Å². The highest BCUT2D eigenvalue weighted by Gasteiger charge is 2.29. The van der Waals surface area contributed by atoms with Crippen molar-refractivity contribution in [2.24, 2.45) is 0 Å². The molecule has 0 saturated carbocycles. The summed E-state index contributed by atoms with van der Waals surface area (Å²) >= 11 is 0. The molecule has 2 aromatic carbocycles. The maximum Gasteiger partial charge on any atom is 0.416 e. The van der Waals surface area contributed by atoms with Gasteiger partial charge >= 0.3 is 6.18 Å². The first kappa shape index (κ1) is 13.4. The van der Waals surface area contributed by atoms with Crippen molar-refractivity contribution in [1.82, 2.24) is 9.78 Å². The zero-order chi connectivity index (χ0) is 14.9. The Hall–Kier alpha value is -2.56. The molecule has 0 unspecified atom stereocenters. The molecule has 2 nitrogen and oxygen atoms in total. The number of aromatic nitrogens is 2.